The smallest absolute Gasteiger partial charge is 0.131 e. The van der Waals surface area contributed by atoms with Crippen LogP contribution in [0.2, 0.25) is 0 Å². The highest BCUT2D eigenvalue weighted by Gasteiger charge is 2.23. The number of anilines is 1. The van der Waals surface area contributed by atoms with Gasteiger partial charge in [-0.15, -0.1) is 0 Å². The third-order valence-corrected chi connectivity index (χ3v) is 4.04. The second-order valence-corrected chi connectivity index (χ2v) is 6.07. The quantitative estimate of drug-likeness (QED) is 0.817. The van der Waals surface area contributed by atoms with Crippen molar-refractivity contribution in [3.8, 4) is 0 Å². The van der Waals surface area contributed by atoms with Crippen molar-refractivity contribution in [1.82, 2.24) is 15.1 Å². The molecule has 4 nitrogen and oxygen atoms in total. The minimum absolute atomic E-state index is 0.744. The van der Waals surface area contributed by atoms with E-state index in [1.165, 1.54) is 24.2 Å². The van der Waals surface area contributed by atoms with Crippen LogP contribution in [0, 0.1) is 6.92 Å². The summed E-state index contributed by atoms with van der Waals surface area (Å²) in [7, 11) is 4.20. The van der Waals surface area contributed by atoms with Gasteiger partial charge < -0.3 is 10.2 Å². The van der Waals surface area contributed by atoms with Crippen LogP contribution in [-0.4, -0.2) is 41.4 Å². The predicted molar refractivity (Wildman–Crippen MR) is 79.5 cm³/mol. The van der Waals surface area contributed by atoms with Gasteiger partial charge in [0.1, 0.15) is 5.82 Å². The third kappa shape index (κ3) is 3.20. The zero-order valence-corrected chi connectivity index (χ0v) is 12.7. The van der Waals surface area contributed by atoms with Crippen molar-refractivity contribution in [1.29, 1.82) is 0 Å². The Kier molecular flexibility index (Phi) is 4.56. The molecule has 1 aliphatic carbocycles. The topological polar surface area (TPSA) is 33.1 Å². The summed E-state index contributed by atoms with van der Waals surface area (Å²) in [6.07, 6.45) is 4.81. The van der Waals surface area contributed by atoms with E-state index in [1.54, 1.807) is 0 Å². The van der Waals surface area contributed by atoms with Gasteiger partial charge >= 0.3 is 0 Å². The van der Waals surface area contributed by atoms with Crippen LogP contribution in [0.4, 0.5) is 5.82 Å². The molecular weight excluding hydrogens is 244 g/mol. The summed E-state index contributed by atoms with van der Waals surface area (Å²) in [5.41, 5.74) is 2.50. The molecule has 1 N–H and O–H groups in total. The summed E-state index contributed by atoms with van der Waals surface area (Å²) in [5, 5.41) is 8.16. The maximum Gasteiger partial charge on any atom is 0.131 e. The van der Waals surface area contributed by atoms with Crippen LogP contribution in [0.3, 0.4) is 0 Å². The van der Waals surface area contributed by atoms with Crippen LogP contribution in [0.5, 0.6) is 0 Å². The van der Waals surface area contributed by atoms with E-state index in [0.717, 1.165) is 30.6 Å². The maximum absolute atomic E-state index is 4.57. The third-order valence-electron chi connectivity index (χ3n) is 3.45. The maximum atomic E-state index is 4.57. The van der Waals surface area contributed by atoms with E-state index in [1.807, 2.05) is 23.5 Å². The number of aryl methyl sites for hydroxylation is 2. The van der Waals surface area contributed by atoms with Crippen LogP contribution in [0.1, 0.15) is 24.1 Å². The molecular formula is C13H24N4S. The van der Waals surface area contributed by atoms with Gasteiger partial charge in [0.2, 0.25) is 0 Å². The molecule has 1 aromatic rings. The molecule has 1 aliphatic rings. The first-order chi connectivity index (χ1) is 8.63. The number of hydrogen-bond acceptors (Lipinski definition) is 4. The largest absolute Gasteiger partial charge is 0.359 e. The summed E-state index contributed by atoms with van der Waals surface area (Å²) < 4.78 is 2.01. The second-order valence-electron chi connectivity index (χ2n) is 5.08. The predicted octanol–water partition coefficient (Wildman–Crippen LogP) is 1.78. The fraction of sp³-hybridized carbons (Fsp3) is 0.769. The fourth-order valence-corrected chi connectivity index (χ4v) is 2.70. The highest BCUT2D eigenvalue weighted by atomic mass is 32.2. The molecule has 0 bridgehead atoms. The normalized spacial score (nSPS) is 15.1. The van der Waals surface area contributed by atoms with Crippen molar-refractivity contribution >= 4 is 17.6 Å². The van der Waals surface area contributed by atoms with Gasteiger partial charge in [0.25, 0.3) is 0 Å². The average molecular weight is 268 g/mol. The molecule has 1 fully saturated rings. The van der Waals surface area contributed by atoms with E-state index < -0.39 is 0 Å². The summed E-state index contributed by atoms with van der Waals surface area (Å²) in [6.45, 7) is 4.12. The number of thioether (sulfide) groups is 1. The molecule has 102 valence electrons. The first-order valence-corrected chi connectivity index (χ1v) is 7.98. The summed E-state index contributed by atoms with van der Waals surface area (Å²) in [4.78, 5) is 2.32. The van der Waals surface area contributed by atoms with Gasteiger partial charge in [-0.05, 0) is 26.0 Å². The van der Waals surface area contributed by atoms with Crippen LogP contribution in [0.25, 0.3) is 0 Å². The van der Waals surface area contributed by atoms with Crippen molar-refractivity contribution in [2.45, 2.75) is 32.4 Å². The Hall–Kier alpha value is -0.680. The molecule has 0 aromatic carbocycles. The van der Waals surface area contributed by atoms with E-state index in [0.29, 0.717) is 0 Å². The lowest BCUT2D eigenvalue weighted by atomic mass is 10.2. The van der Waals surface area contributed by atoms with Crippen molar-refractivity contribution in [2.24, 2.45) is 7.05 Å². The zero-order chi connectivity index (χ0) is 13.1. The molecule has 0 saturated heterocycles. The summed E-state index contributed by atoms with van der Waals surface area (Å²) in [5.74, 6) is 2.41. The Balaban J connectivity index is 2.09. The van der Waals surface area contributed by atoms with Gasteiger partial charge in [-0.2, -0.15) is 16.9 Å². The van der Waals surface area contributed by atoms with E-state index >= 15 is 0 Å². The minimum Gasteiger partial charge on any atom is -0.359 e. The monoisotopic (exact) mass is 268 g/mol. The number of rotatable bonds is 7. The number of hydrogen-bond donors (Lipinski definition) is 1. The molecule has 0 atom stereocenters. The van der Waals surface area contributed by atoms with Gasteiger partial charge in [-0.1, -0.05) is 0 Å². The molecule has 5 heteroatoms. The molecule has 1 aromatic heterocycles. The molecule has 1 heterocycles. The van der Waals surface area contributed by atoms with Gasteiger partial charge in [0, 0.05) is 44.5 Å². The Morgan fingerprint density at radius 3 is 2.83 bits per heavy atom. The van der Waals surface area contributed by atoms with Gasteiger partial charge in [-0.25, -0.2) is 0 Å². The highest BCUT2D eigenvalue weighted by molar-refractivity contribution is 7.98. The standard InChI is InChI=1S/C13H24N4S/c1-10-12(9-14-11-5-6-11)13(17(3)15-10)16(2)7-8-18-4/h11,14H,5-9H2,1-4H3. The van der Waals surface area contributed by atoms with Crippen LogP contribution >= 0.6 is 11.8 Å². The van der Waals surface area contributed by atoms with E-state index in [-0.39, 0.29) is 0 Å². The summed E-state index contributed by atoms with van der Waals surface area (Å²) in [6, 6.07) is 0.744. The van der Waals surface area contributed by atoms with Crippen molar-refractivity contribution < 1.29 is 0 Å². The number of nitrogens with one attached hydrogen (secondary N) is 1. The van der Waals surface area contributed by atoms with E-state index in [9.17, 15) is 0 Å². The first kappa shape index (κ1) is 13.7. The van der Waals surface area contributed by atoms with Crippen molar-refractivity contribution in [3.05, 3.63) is 11.3 Å². The molecule has 2 rings (SSSR count). The molecule has 1 saturated carbocycles. The van der Waals surface area contributed by atoms with Gasteiger partial charge in [0.15, 0.2) is 0 Å². The Labute approximate surface area is 114 Å². The highest BCUT2D eigenvalue weighted by Crippen LogP contribution is 2.25. The van der Waals surface area contributed by atoms with Crippen molar-refractivity contribution in [2.75, 3.05) is 30.5 Å². The average Bonchev–Trinajstić information content (AvgIpc) is 3.10. The van der Waals surface area contributed by atoms with E-state index in [4.69, 9.17) is 0 Å². The number of nitrogens with zero attached hydrogens (tertiary/aromatic N) is 3. The SMILES string of the molecule is CSCCN(C)c1c(CNC2CC2)c(C)nn1C. The molecule has 0 amide bonds. The Morgan fingerprint density at radius 2 is 2.22 bits per heavy atom. The minimum atomic E-state index is 0.744. The lowest BCUT2D eigenvalue weighted by Gasteiger charge is -2.20. The van der Waals surface area contributed by atoms with Crippen LogP contribution < -0.4 is 10.2 Å². The lowest BCUT2D eigenvalue weighted by Crippen LogP contribution is -2.25. The molecule has 0 spiro atoms. The van der Waals surface area contributed by atoms with Crippen LogP contribution in [-0.2, 0) is 13.6 Å². The number of aromatic nitrogens is 2. The molecule has 0 aliphatic heterocycles. The first-order valence-electron chi connectivity index (χ1n) is 6.59. The fourth-order valence-electron chi connectivity index (χ4n) is 2.24. The van der Waals surface area contributed by atoms with Gasteiger partial charge in [0.05, 0.1) is 5.69 Å². The van der Waals surface area contributed by atoms with Crippen LogP contribution in [0.15, 0.2) is 0 Å². The lowest BCUT2D eigenvalue weighted by molar-refractivity contribution is 0.681. The molecule has 18 heavy (non-hydrogen) atoms. The van der Waals surface area contributed by atoms with E-state index in [2.05, 4.69) is 35.5 Å². The Bertz CT molecular complexity index is 398. The second kappa shape index (κ2) is 5.97. The van der Waals surface area contributed by atoms with Gasteiger partial charge in [-0.3, -0.25) is 4.68 Å². The molecule has 0 radical (unpaired) electrons. The Morgan fingerprint density at radius 1 is 1.50 bits per heavy atom. The van der Waals surface area contributed by atoms with Crippen molar-refractivity contribution in [3.63, 3.8) is 0 Å². The molecule has 0 unspecified atom stereocenters. The zero-order valence-electron chi connectivity index (χ0n) is 11.9. The summed E-state index contributed by atoms with van der Waals surface area (Å²) >= 11 is 1.88.